The van der Waals surface area contributed by atoms with E-state index in [-0.39, 0.29) is 11.1 Å². The smallest absolute Gasteiger partial charge is 0.265 e. The van der Waals surface area contributed by atoms with Crippen molar-refractivity contribution < 1.29 is 0 Å². The summed E-state index contributed by atoms with van der Waals surface area (Å²) in [5.74, 6) is 1.19. The van der Waals surface area contributed by atoms with Gasteiger partial charge in [0.2, 0.25) is 0 Å². The van der Waals surface area contributed by atoms with Crippen molar-refractivity contribution in [2.45, 2.75) is 20.8 Å². The summed E-state index contributed by atoms with van der Waals surface area (Å²) in [4.78, 5) is 13.1. The first kappa shape index (κ1) is 17.5. The van der Waals surface area contributed by atoms with Crippen molar-refractivity contribution in [3.8, 4) is 11.1 Å². The number of aryl methyl sites for hydroxylation is 3. The van der Waals surface area contributed by atoms with E-state index in [4.69, 9.17) is 11.6 Å². The van der Waals surface area contributed by atoms with Crippen LogP contribution in [0.3, 0.4) is 0 Å². The normalized spacial score (nSPS) is 11.6. The molecule has 0 bridgehead atoms. The summed E-state index contributed by atoms with van der Waals surface area (Å²) in [6.07, 6.45) is 1.66. The van der Waals surface area contributed by atoms with Crippen LogP contribution in [0.1, 0.15) is 17.3 Å². The zero-order chi connectivity index (χ0) is 20.3. The molecule has 0 saturated carbocycles. The van der Waals surface area contributed by atoms with Gasteiger partial charge in [0.15, 0.2) is 11.2 Å². The van der Waals surface area contributed by atoms with Crippen molar-refractivity contribution in [1.29, 1.82) is 0 Å². The third-order valence-corrected chi connectivity index (χ3v) is 5.09. The van der Waals surface area contributed by atoms with Crippen LogP contribution in [-0.2, 0) is 0 Å². The molecular formula is C19H15ClN8O. The number of hydrogen-bond donors (Lipinski definition) is 0. The maximum atomic E-state index is 13.1. The summed E-state index contributed by atoms with van der Waals surface area (Å²) in [6.45, 7) is 5.46. The molecule has 10 heteroatoms. The number of halogens is 1. The summed E-state index contributed by atoms with van der Waals surface area (Å²) in [7, 11) is 0. The third kappa shape index (κ3) is 2.54. The Balaban J connectivity index is 1.79. The fraction of sp³-hybridized carbons (Fsp3) is 0.158. The minimum atomic E-state index is -0.330. The highest BCUT2D eigenvalue weighted by molar-refractivity contribution is 6.30. The van der Waals surface area contributed by atoms with Gasteiger partial charge in [-0.25, -0.2) is 13.9 Å². The molecular weight excluding hydrogens is 392 g/mol. The van der Waals surface area contributed by atoms with E-state index >= 15 is 0 Å². The predicted octanol–water partition coefficient (Wildman–Crippen LogP) is 2.59. The lowest BCUT2D eigenvalue weighted by Gasteiger charge is -2.10. The Kier molecular flexibility index (Phi) is 3.75. The number of fused-ring (bicyclic) bond motifs is 3. The minimum Gasteiger partial charge on any atom is -0.265 e. The first-order chi connectivity index (χ1) is 14.0. The average molecular weight is 407 g/mol. The van der Waals surface area contributed by atoms with Gasteiger partial charge in [0.05, 0.1) is 11.3 Å². The van der Waals surface area contributed by atoms with Crippen molar-refractivity contribution in [3.05, 3.63) is 69.2 Å². The summed E-state index contributed by atoms with van der Waals surface area (Å²) in [5, 5.41) is 21.8. The fourth-order valence-electron chi connectivity index (χ4n) is 3.53. The molecule has 0 atom stereocenters. The lowest BCUT2D eigenvalue weighted by Crippen LogP contribution is -2.28. The Hall–Kier alpha value is -3.59. The molecule has 0 spiro atoms. The van der Waals surface area contributed by atoms with E-state index in [0.29, 0.717) is 27.8 Å². The molecule has 5 aromatic rings. The number of pyridine rings is 1. The van der Waals surface area contributed by atoms with Gasteiger partial charge in [-0.1, -0.05) is 23.7 Å². The summed E-state index contributed by atoms with van der Waals surface area (Å²) >= 11 is 6.01. The van der Waals surface area contributed by atoms with E-state index in [1.54, 1.807) is 35.3 Å². The third-order valence-electron chi connectivity index (χ3n) is 4.84. The zero-order valence-corrected chi connectivity index (χ0v) is 16.6. The molecule has 29 heavy (non-hydrogen) atoms. The van der Waals surface area contributed by atoms with Gasteiger partial charge in [-0.15, -0.1) is 20.4 Å². The van der Waals surface area contributed by atoms with Crippen molar-refractivity contribution >= 4 is 28.3 Å². The Morgan fingerprint density at radius 2 is 1.59 bits per heavy atom. The van der Waals surface area contributed by atoms with Crippen LogP contribution in [0.5, 0.6) is 0 Å². The molecule has 9 nitrogen and oxygen atoms in total. The van der Waals surface area contributed by atoms with E-state index in [0.717, 1.165) is 16.8 Å². The molecule has 1 aromatic carbocycles. The van der Waals surface area contributed by atoms with Gasteiger partial charge < -0.3 is 0 Å². The van der Waals surface area contributed by atoms with Crippen LogP contribution in [0.4, 0.5) is 0 Å². The highest BCUT2D eigenvalue weighted by Crippen LogP contribution is 2.29. The number of nitrogens with zero attached hydrogens (tertiary/aromatic N) is 8. The zero-order valence-electron chi connectivity index (χ0n) is 15.8. The largest absolute Gasteiger partial charge is 0.299 e. The number of hydrogen-bond acceptors (Lipinski definition) is 6. The van der Waals surface area contributed by atoms with Crippen molar-refractivity contribution in [2.24, 2.45) is 0 Å². The molecule has 0 unspecified atom stereocenters. The standard InChI is InChI=1S/C19H15ClN8O/c1-10-16(13-4-6-14(20)7-5-13)18-24-23-17-15(27(18)25-10)8-9-26(19(17)29)28-11(2)21-22-12(28)3/h4-9H,1-3H3. The van der Waals surface area contributed by atoms with Gasteiger partial charge in [0.25, 0.3) is 5.56 Å². The molecule has 0 amide bonds. The van der Waals surface area contributed by atoms with Crippen molar-refractivity contribution in [2.75, 3.05) is 0 Å². The van der Waals surface area contributed by atoms with Gasteiger partial charge in [-0.2, -0.15) is 5.10 Å². The van der Waals surface area contributed by atoms with E-state index in [1.165, 1.54) is 4.68 Å². The van der Waals surface area contributed by atoms with E-state index in [9.17, 15) is 4.79 Å². The van der Waals surface area contributed by atoms with Gasteiger partial charge in [-0.05, 0) is 44.5 Å². The monoisotopic (exact) mass is 406 g/mol. The first-order valence-electron chi connectivity index (χ1n) is 8.88. The van der Waals surface area contributed by atoms with Crippen LogP contribution in [0.25, 0.3) is 27.8 Å². The van der Waals surface area contributed by atoms with Crippen LogP contribution in [0.15, 0.2) is 41.3 Å². The molecule has 144 valence electrons. The molecule has 0 radical (unpaired) electrons. The Morgan fingerprint density at radius 1 is 0.897 bits per heavy atom. The average Bonchev–Trinajstić information content (AvgIpc) is 3.22. The Bertz CT molecular complexity index is 1440. The highest BCUT2D eigenvalue weighted by atomic mass is 35.5. The molecule has 0 aliphatic rings. The van der Waals surface area contributed by atoms with Crippen LogP contribution in [0, 0.1) is 20.8 Å². The fourth-order valence-corrected chi connectivity index (χ4v) is 3.66. The van der Waals surface area contributed by atoms with E-state index < -0.39 is 0 Å². The maximum Gasteiger partial charge on any atom is 0.299 e. The summed E-state index contributed by atoms with van der Waals surface area (Å²) in [5.41, 5.74) is 3.59. The second-order valence-electron chi connectivity index (χ2n) is 6.71. The SMILES string of the molecule is Cc1nn2c(nnc3c(=O)n(-n4c(C)nnc4C)ccc32)c1-c1ccc(Cl)cc1. The van der Waals surface area contributed by atoms with Crippen LogP contribution >= 0.6 is 11.6 Å². The molecule has 0 aliphatic carbocycles. The number of aromatic nitrogens is 8. The first-order valence-corrected chi connectivity index (χ1v) is 9.26. The van der Waals surface area contributed by atoms with Gasteiger partial charge >= 0.3 is 0 Å². The molecule has 0 saturated heterocycles. The molecule has 5 rings (SSSR count). The second-order valence-corrected chi connectivity index (χ2v) is 7.14. The van der Waals surface area contributed by atoms with Gasteiger partial charge in [-0.3, -0.25) is 4.79 Å². The molecule has 4 heterocycles. The maximum absolute atomic E-state index is 13.1. The molecule has 0 aliphatic heterocycles. The number of benzene rings is 1. The van der Waals surface area contributed by atoms with Crippen molar-refractivity contribution in [3.63, 3.8) is 0 Å². The minimum absolute atomic E-state index is 0.206. The van der Waals surface area contributed by atoms with E-state index in [1.807, 2.05) is 31.2 Å². The molecule has 0 N–H and O–H groups in total. The van der Waals surface area contributed by atoms with Crippen molar-refractivity contribution in [1.82, 2.24) is 39.4 Å². The lowest BCUT2D eigenvalue weighted by molar-refractivity contribution is 0.593. The predicted molar refractivity (Wildman–Crippen MR) is 108 cm³/mol. The van der Waals surface area contributed by atoms with E-state index in [2.05, 4.69) is 25.5 Å². The number of rotatable bonds is 2. The topological polar surface area (TPSA) is 95.8 Å². The quantitative estimate of drug-likeness (QED) is 0.447. The molecule has 4 aromatic heterocycles. The summed E-state index contributed by atoms with van der Waals surface area (Å²) in [6, 6.07) is 9.24. The summed E-state index contributed by atoms with van der Waals surface area (Å²) < 4.78 is 4.70. The van der Waals surface area contributed by atoms with Crippen LogP contribution < -0.4 is 5.56 Å². The second kappa shape index (κ2) is 6.21. The van der Waals surface area contributed by atoms with Gasteiger partial charge in [0, 0.05) is 11.2 Å². The highest BCUT2D eigenvalue weighted by Gasteiger charge is 2.18. The Morgan fingerprint density at radius 3 is 2.28 bits per heavy atom. The lowest BCUT2D eigenvalue weighted by atomic mass is 10.1. The Labute approximate surface area is 169 Å². The van der Waals surface area contributed by atoms with Crippen LogP contribution in [0.2, 0.25) is 5.02 Å². The molecule has 0 fully saturated rings. The van der Waals surface area contributed by atoms with Gasteiger partial charge in [0.1, 0.15) is 17.2 Å². The van der Waals surface area contributed by atoms with Crippen LogP contribution in [-0.4, -0.2) is 39.4 Å².